The second-order valence-electron chi connectivity index (χ2n) is 6.22. The summed E-state index contributed by atoms with van der Waals surface area (Å²) in [5.74, 6) is -0.0403. The molecule has 150 valence electrons. The van der Waals surface area contributed by atoms with Crippen LogP contribution >= 0.6 is 11.3 Å². The Morgan fingerprint density at radius 2 is 1.79 bits per heavy atom. The van der Waals surface area contributed by atoms with Gasteiger partial charge in [-0.05, 0) is 43.7 Å². The summed E-state index contributed by atoms with van der Waals surface area (Å²) in [6, 6.07) is 16.9. The average molecular weight is 410 g/mol. The molecule has 3 aromatic rings. The summed E-state index contributed by atoms with van der Waals surface area (Å²) in [5.41, 5.74) is 2.42. The Morgan fingerprint density at radius 1 is 1.07 bits per heavy atom. The molecule has 0 unspecified atom stereocenters. The predicted molar refractivity (Wildman–Crippen MR) is 112 cm³/mol. The number of esters is 1. The minimum atomic E-state index is -0.490. The molecule has 1 aromatic heterocycles. The van der Waals surface area contributed by atoms with Crippen LogP contribution in [0.3, 0.4) is 0 Å². The van der Waals surface area contributed by atoms with Gasteiger partial charge in [0.15, 0.2) is 0 Å². The summed E-state index contributed by atoms with van der Waals surface area (Å²) in [4.78, 5) is 29.3. The number of benzene rings is 2. The van der Waals surface area contributed by atoms with Crippen molar-refractivity contribution >= 4 is 23.2 Å². The summed E-state index contributed by atoms with van der Waals surface area (Å²) in [6.07, 6.45) is 0. The molecular weight excluding hydrogens is 388 g/mol. The molecule has 6 nitrogen and oxygen atoms in total. The first-order valence-corrected chi connectivity index (χ1v) is 10.1. The molecule has 0 aliphatic rings. The van der Waals surface area contributed by atoms with E-state index in [0.717, 1.165) is 21.9 Å². The van der Waals surface area contributed by atoms with Crippen molar-refractivity contribution in [2.75, 3.05) is 13.2 Å². The molecule has 0 spiro atoms. The molecule has 0 saturated carbocycles. The van der Waals surface area contributed by atoms with Crippen molar-refractivity contribution in [1.82, 2.24) is 10.3 Å². The highest BCUT2D eigenvalue weighted by Gasteiger charge is 2.17. The van der Waals surface area contributed by atoms with Crippen molar-refractivity contribution < 1.29 is 19.1 Å². The van der Waals surface area contributed by atoms with E-state index in [1.54, 1.807) is 6.92 Å². The van der Waals surface area contributed by atoms with Gasteiger partial charge >= 0.3 is 5.97 Å². The van der Waals surface area contributed by atoms with E-state index in [0.29, 0.717) is 17.2 Å². The number of amides is 1. The van der Waals surface area contributed by atoms with Crippen LogP contribution in [-0.2, 0) is 16.1 Å². The highest BCUT2D eigenvalue weighted by atomic mass is 32.1. The molecule has 29 heavy (non-hydrogen) atoms. The lowest BCUT2D eigenvalue weighted by molar-refractivity contribution is -0.143. The van der Waals surface area contributed by atoms with E-state index < -0.39 is 5.97 Å². The van der Waals surface area contributed by atoms with Crippen LogP contribution in [-0.4, -0.2) is 30.0 Å². The van der Waals surface area contributed by atoms with Crippen LogP contribution in [0, 0.1) is 6.92 Å². The molecule has 0 aliphatic carbocycles. The van der Waals surface area contributed by atoms with Crippen molar-refractivity contribution in [3.63, 3.8) is 0 Å². The molecular formula is C22H22N2O4S. The van der Waals surface area contributed by atoms with E-state index in [-0.39, 0.29) is 19.1 Å². The quantitative estimate of drug-likeness (QED) is 0.568. The molecule has 0 bridgehead atoms. The second kappa shape index (κ2) is 9.84. The van der Waals surface area contributed by atoms with Gasteiger partial charge in [0.25, 0.3) is 5.91 Å². The summed E-state index contributed by atoms with van der Waals surface area (Å²) >= 11 is 1.29. The lowest BCUT2D eigenvalue weighted by atomic mass is 10.2. The number of nitrogens with one attached hydrogen (secondary N) is 1. The van der Waals surface area contributed by atoms with Crippen molar-refractivity contribution in [3.05, 3.63) is 70.7 Å². The third-order valence-electron chi connectivity index (χ3n) is 4.05. The standard InChI is InChI=1S/C22H22N2O4S/c1-3-27-18-11-9-17(10-12-18)22-24-15(2)20(29-22)21(26)23-13-19(25)28-14-16-7-5-4-6-8-16/h4-12H,3,13-14H2,1-2H3,(H,23,26). The first kappa shape index (κ1) is 20.5. The highest BCUT2D eigenvalue weighted by molar-refractivity contribution is 7.17. The number of hydrogen-bond acceptors (Lipinski definition) is 6. The summed E-state index contributed by atoms with van der Waals surface area (Å²) in [5, 5.41) is 3.34. The van der Waals surface area contributed by atoms with Crippen molar-refractivity contribution in [2.45, 2.75) is 20.5 Å². The smallest absolute Gasteiger partial charge is 0.325 e. The molecule has 1 amide bonds. The first-order chi connectivity index (χ1) is 14.1. The number of rotatable bonds is 8. The molecule has 0 radical (unpaired) electrons. The molecule has 1 heterocycles. The third kappa shape index (κ3) is 5.65. The summed E-state index contributed by atoms with van der Waals surface area (Å²) in [7, 11) is 0. The van der Waals surface area contributed by atoms with Crippen LogP contribution in [0.4, 0.5) is 0 Å². The van der Waals surface area contributed by atoms with E-state index in [2.05, 4.69) is 10.3 Å². The largest absolute Gasteiger partial charge is 0.494 e. The number of hydrogen-bond donors (Lipinski definition) is 1. The molecule has 3 rings (SSSR count). The minimum Gasteiger partial charge on any atom is -0.494 e. The van der Waals surface area contributed by atoms with Crippen LogP contribution in [0.1, 0.15) is 27.9 Å². The van der Waals surface area contributed by atoms with Crippen LogP contribution in [0.25, 0.3) is 10.6 Å². The molecule has 0 aliphatic heterocycles. The number of ether oxygens (including phenoxy) is 2. The Balaban J connectivity index is 1.56. The fourth-order valence-corrected chi connectivity index (χ4v) is 3.60. The normalized spacial score (nSPS) is 10.4. The Labute approximate surface area is 173 Å². The molecule has 7 heteroatoms. The fourth-order valence-electron chi connectivity index (χ4n) is 2.61. The molecule has 1 N–H and O–H groups in total. The second-order valence-corrected chi connectivity index (χ2v) is 7.22. The summed E-state index contributed by atoms with van der Waals surface area (Å²) < 4.78 is 10.6. The van der Waals surface area contributed by atoms with Crippen LogP contribution in [0.5, 0.6) is 5.75 Å². The molecule has 0 fully saturated rings. The van der Waals surface area contributed by atoms with E-state index >= 15 is 0 Å². The van der Waals surface area contributed by atoms with Gasteiger partial charge in [-0.15, -0.1) is 11.3 Å². The van der Waals surface area contributed by atoms with Gasteiger partial charge in [0.1, 0.15) is 28.8 Å². The number of aryl methyl sites for hydroxylation is 1. The zero-order valence-corrected chi connectivity index (χ0v) is 17.1. The van der Waals surface area contributed by atoms with Crippen LogP contribution < -0.4 is 10.1 Å². The minimum absolute atomic E-state index is 0.178. The Morgan fingerprint density at radius 3 is 2.48 bits per heavy atom. The van der Waals surface area contributed by atoms with Gasteiger partial charge in [-0.3, -0.25) is 9.59 Å². The van der Waals surface area contributed by atoms with Gasteiger partial charge in [-0.2, -0.15) is 0 Å². The Hall–Kier alpha value is -3.19. The van der Waals surface area contributed by atoms with Gasteiger partial charge in [0.05, 0.1) is 12.3 Å². The lowest BCUT2D eigenvalue weighted by Crippen LogP contribution is -2.30. The first-order valence-electron chi connectivity index (χ1n) is 9.25. The zero-order valence-electron chi connectivity index (χ0n) is 16.3. The monoisotopic (exact) mass is 410 g/mol. The van der Waals surface area contributed by atoms with Gasteiger partial charge < -0.3 is 14.8 Å². The van der Waals surface area contributed by atoms with Gasteiger partial charge in [-0.1, -0.05) is 30.3 Å². The van der Waals surface area contributed by atoms with E-state index in [1.165, 1.54) is 11.3 Å². The highest BCUT2D eigenvalue weighted by Crippen LogP contribution is 2.29. The number of carbonyl (C=O) groups excluding carboxylic acids is 2. The Bertz CT molecular complexity index is 968. The zero-order chi connectivity index (χ0) is 20.6. The maximum atomic E-state index is 12.5. The number of aromatic nitrogens is 1. The predicted octanol–water partition coefficient (Wildman–Crippen LogP) is 3.99. The number of thiazole rings is 1. The molecule has 0 atom stereocenters. The molecule has 2 aromatic carbocycles. The lowest BCUT2D eigenvalue weighted by Gasteiger charge is -2.06. The maximum absolute atomic E-state index is 12.5. The molecule has 0 saturated heterocycles. The Kier molecular flexibility index (Phi) is 6.97. The SMILES string of the molecule is CCOc1ccc(-c2nc(C)c(C(=O)NCC(=O)OCc3ccccc3)s2)cc1. The van der Waals surface area contributed by atoms with Gasteiger partial charge in [0.2, 0.25) is 0 Å². The maximum Gasteiger partial charge on any atom is 0.325 e. The topological polar surface area (TPSA) is 77.5 Å². The number of nitrogens with zero attached hydrogens (tertiary/aromatic N) is 1. The van der Waals surface area contributed by atoms with Crippen LogP contribution in [0.15, 0.2) is 54.6 Å². The number of carbonyl (C=O) groups is 2. The van der Waals surface area contributed by atoms with Crippen molar-refractivity contribution in [2.24, 2.45) is 0 Å². The van der Waals surface area contributed by atoms with Gasteiger partial charge in [0, 0.05) is 5.56 Å². The van der Waals surface area contributed by atoms with Crippen molar-refractivity contribution in [3.8, 4) is 16.3 Å². The van der Waals surface area contributed by atoms with E-state index in [4.69, 9.17) is 9.47 Å². The van der Waals surface area contributed by atoms with Crippen molar-refractivity contribution in [1.29, 1.82) is 0 Å². The van der Waals surface area contributed by atoms with Crippen LogP contribution in [0.2, 0.25) is 0 Å². The van der Waals surface area contributed by atoms with E-state index in [1.807, 2.05) is 61.5 Å². The average Bonchev–Trinajstić information content (AvgIpc) is 3.14. The third-order valence-corrected chi connectivity index (χ3v) is 5.26. The summed E-state index contributed by atoms with van der Waals surface area (Å²) in [6.45, 7) is 4.30. The van der Waals surface area contributed by atoms with E-state index in [9.17, 15) is 9.59 Å². The fraction of sp³-hybridized carbons (Fsp3) is 0.227. The van der Waals surface area contributed by atoms with Gasteiger partial charge in [-0.25, -0.2) is 4.98 Å².